The third-order valence-electron chi connectivity index (χ3n) is 3.57. The van der Waals surface area contributed by atoms with Crippen molar-refractivity contribution in [2.75, 3.05) is 0 Å². The minimum atomic E-state index is -0.637. The van der Waals surface area contributed by atoms with E-state index in [1.807, 2.05) is 26.8 Å². The lowest BCUT2D eigenvalue weighted by atomic mass is 9.83. The summed E-state index contributed by atoms with van der Waals surface area (Å²) in [5, 5.41) is 0.526. The summed E-state index contributed by atoms with van der Waals surface area (Å²) in [5.74, 6) is -0.267. The Morgan fingerprint density at radius 1 is 1.15 bits per heavy atom. The predicted molar refractivity (Wildman–Crippen MR) is 82.6 cm³/mol. The number of halogens is 2. The zero-order valence-corrected chi connectivity index (χ0v) is 12.8. The molecule has 0 saturated heterocycles. The fourth-order valence-electron chi connectivity index (χ4n) is 2.52. The summed E-state index contributed by atoms with van der Waals surface area (Å²) in [5.41, 5.74) is 9.66. The molecule has 2 N–H and O–H groups in total. The molecule has 0 radical (unpaired) electrons. The fourth-order valence-corrected chi connectivity index (χ4v) is 2.72. The molecular formula is C17H19ClFN. The summed E-state index contributed by atoms with van der Waals surface area (Å²) in [7, 11) is 0. The first-order valence-corrected chi connectivity index (χ1v) is 6.98. The Kier molecular flexibility index (Phi) is 4.17. The van der Waals surface area contributed by atoms with Crippen molar-refractivity contribution >= 4 is 11.6 Å². The van der Waals surface area contributed by atoms with E-state index in [0.717, 1.165) is 16.7 Å². The van der Waals surface area contributed by atoms with Gasteiger partial charge in [0.25, 0.3) is 0 Å². The minimum Gasteiger partial charge on any atom is -0.321 e. The molecule has 1 atom stereocenters. The molecule has 106 valence electrons. The van der Waals surface area contributed by atoms with E-state index in [0.29, 0.717) is 17.0 Å². The smallest absolute Gasteiger partial charge is 0.126 e. The highest BCUT2D eigenvalue weighted by Gasteiger charge is 2.25. The number of hydrogen-bond donors (Lipinski definition) is 1. The maximum atomic E-state index is 13.9. The molecule has 0 fully saturated rings. The second-order valence-electron chi connectivity index (χ2n) is 5.65. The van der Waals surface area contributed by atoms with Crippen LogP contribution in [0, 0.1) is 19.7 Å². The van der Waals surface area contributed by atoms with E-state index in [-0.39, 0.29) is 5.82 Å². The third kappa shape index (κ3) is 3.20. The number of aryl methyl sites for hydroxylation is 2. The van der Waals surface area contributed by atoms with E-state index >= 15 is 0 Å². The Balaban J connectivity index is 2.40. The maximum absolute atomic E-state index is 13.9. The number of benzene rings is 2. The van der Waals surface area contributed by atoms with Gasteiger partial charge in [0.2, 0.25) is 0 Å². The van der Waals surface area contributed by atoms with Crippen molar-refractivity contribution in [3.63, 3.8) is 0 Å². The Hall–Kier alpha value is -1.38. The average Bonchev–Trinajstić information content (AvgIpc) is 2.36. The van der Waals surface area contributed by atoms with Crippen LogP contribution in [0.1, 0.15) is 29.2 Å². The SMILES string of the molecule is Cc1ccc(C)c(C(C)(N)Cc2cc(Cl)ccc2F)c1. The molecular weight excluding hydrogens is 273 g/mol. The molecule has 0 spiro atoms. The van der Waals surface area contributed by atoms with Crippen molar-refractivity contribution in [3.8, 4) is 0 Å². The molecule has 2 aromatic carbocycles. The number of rotatable bonds is 3. The summed E-state index contributed by atoms with van der Waals surface area (Å²) in [6, 6.07) is 10.7. The van der Waals surface area contributed by atoms with Crippen molar-refractivity contribution in [1.82, 2.24) is 0 Å². The van der Waals surface area contributed by atoms with Crippen LogP contribution < -0.4 is 5.73 Å². The molecule has 0 aliphatic carbocycles. The largest absolute Gasteiger partial charge is 0.321 e. The van der Waals surface area contributed by atoms with Gasteiger partial charge >= 0.3 is 0 Å². The van der Waals surface area contributed by atoms with Gasteiger partial charge < -0.3 is 5.73 Å². The van der Waals surface area contributed by atoms with Gasteiger partial charge in [-0.2, -0.15) is 0 Å². The van der Waals surface area contributed by atoms with Crippen molar-refractivity contribution in [2.24, 2.45) is 5.73 Å². The van der Waals surface area contributed by atoms with Gasteiger partial charge in [0.1, 0.15) is 5.82 Å². The van der Waals surface area contributed by atoms with Crippen LogP contribution in [0.4, 0.5) is 4.39 Å². The molecule has 1 unspecified atom stereocenters. The fraction of sp³-hybridized carbons (Fsp3) is 0.294. The normalized spacial score (nSPS) is 14.1. The van der Waals surface area contributed by atoms with Crippen molar-refractivity contribution < 1.29 is 4.39 Å². The van der Waals surface area contributed by atoms with Gasteiger partial charge in [0.15, 0.2) is 0 Å². The first kappa shape index (κ1) is 15.0. The quantitative estimate of drug-likeness (QED) is 0.884. The standard InChI is InChI=1S/C17H19ClFN/c1-11-4-5-12(2)15(8-11)17(3,20)10-13-9-14(18)6-7-16(13)19/h4-9H,10,20H2,1-3H3. The molecule has 0 aromatic heterocycles. The molecule has 3 heteroatoms. The molecule has 20 heavy (non-hydrogen) atoms. The molecule has 0 bridgehead atoms. The molecule has 2 rings (SSSR count). The lowest BCUT2D eigenvalue weighted by molar-refractivity contribution is 0.472. The van der Waals surface area contributed by atoms with E-state index in [9.17, 15) is 4.39 Å². The summed E-state index contributed by atoms with van der Waals surface area (Å²) >= 11 is 5.94. The zero-order chi connectivity index (χ0) is 14.9. The van der Waals surface area contributed by atoms with Crippen LogP contribution in [0.3, 0.4) is 0 Å². The van der Waals surface area contributed by atoms with Gasteiger partial charge in [-0.1, -0.05) is 35.4 Å². The number of hydrogen-bond acceptors (Lipinski definition) is 1. The number of nitrogens with two attached hydrogens (primary N) is 1. The van der Waals surface area contributed by atoms with Crippen molar-refractivity contribution in [2.45, 2.75) is 32.7 Å². The van der Waals surface area contributed by atoms with Gasteiger partial charge in [-0.15, -0.1) is 0 Å². The zero-order valence-electron chi connectivity index (χ0n) is 12.0. The summed E-state index contributed by atoms with van der Waals surface area (Å²) in [6.07, 6.45) is 0.406. The second-order valence-corrected chi connectivity index (χ2v) is 6.08. The lowest BCUT2D eigenvalue weighted by Crippen LogP contribution is -2.36. The minimum absolute atomic E-state index is 0.267. The van der Waals surface area contributed by atoms with Gasteiger partial charge in [-0.3, -0.25) is 0 Å². The maximum Gasteiger partial charge on any atom is 0.126 e. The van der Waals surface area contributed by atoms with Crippen LogP contribution in [-0.4, -0.2) is 0 Å². The third-order valence-corrected chi connectivity index (χ3v) is 3.81. The molecule has 0 heterocycles. The summed E-state index contributed by atoms with van der Waals surface area (Å²) in [4.78, 5) is 0. The first-order valence-electron chi connectivity index (χ1n) is 6.60. The second kappa shape index (κ2) is 5.55. The predicted octanol–water partition coefficient (Wildman–Crippen LogP) is 4.51. The van der Waals surface area contributed by atoms with Crippen LogP contribution in [0.15, 0.2) is 36.4 Å². The monoisotopic (exact) mass is 291 g/mol. The molecule has 0 amide bonds. The van der Waals surface area contributed by atoms with Gasteiger partial charge in [0, 0.05) is 10.6 Å². The highest BCUT2D eigenvalue weighted by atomic mass is 35.5. The molecule has 0 aliphatic heterocycles. The molecule has 1 nitrogen and oxygen atoms in total. The summed E-state index contributed by atoms with van der Waals surface area (Å²) in [6.45, 7) is 5.97. The van der Waals surface area contributed by atoms with Crippen LogP contribution in [-0.2, 0) is 12.0 Å². The van der Waals surface area contributed by atoms with E-state index < -0.39 is 5.54 Å². The van der Waals surface area contributed by atoms with Crippen molar-refractivity contribution in [1.29, 1.82) is 0 Å². The Morgan fingerprint density at radius 2 is 1.85 bits per heavy atom. The van der Waals surface area contributed by atoms with E-state index in [4.69, 9.17) is 17.3 Å². The first-order chi connectivity index (χ1) is 9.29. The molecule has 0 saturated carbocycles. The van der Waals surface area contributed by atoms with Gasteiger partial charge in [-0.25, -0.2) is 4.39 Å². The highest BCUT2D eigenvalue weighted by molar-refractivity contribution is 6.30. The molecule has 0 aliphatic rings. The molecule has 2 aromatic rings. The lowest BCUT2D eigenvalue weighted by Gasteiger charge is -2.28. The van der Waals surface area contributed by atoms with Gasteiger partial charge in [0.05, 0.1) is 0 Å². The van der Waals surface area contributed by atoms with E-state index in [1.165, 1.54) is 6.07 Å². The van der Waals surface area contributed by atoms with Crippen molar-refractivity contribution in [3.05, 3.63) is 69.5 Å². The van der Waals surface area contributed by atoms with Crippen LogP contribution in [0.5, 0.6) is 0 Å². The van der Waals surface area contributed by atoms with E-state index in [1.54, 1.807) is 12.1 Å². The van der Waals surface area contributed by atoms with E-state index in [2.05, 4.69) is 12.1 Å². The Bertz CT molecular complexity index is 635. The van der Waals surface area contributed by atoms with Crippen LogP contribution >= 0.6 is 11.6 Å². The Labute approximate surface area is 124 Å². The Morgan fingerprint density at radius 3 is 2.55 bits per heavy atom. The topological polar surface area (TPSA) is 26.0 Å². The highest BCUT2D eigenvalue weighted by Crippen LogP contribution is 2.28. The summed E-state index contributed by atoms with van der Waals surface area (Å²) < 4.78 is 13.9. The van der Waals surface area contributed by atoms with Gasteiger partial charge in [-0.05, 0) is 62.1 Å². The van der Waals surface area contributed by atoms with Crippen LogP contribution in [0.25, 0.3) is 0 Å². The average molecular weight is 292 g/mol. The van der Waals surface area contributed by atoms with Crippen LogP contribution in [0.2, 0.25) is 5.02 Å².